The first-order valence-electron chi connectivity index (χ1n) is 8.33. The van der Waals surface area contributed by atoms with Gasteiger partial charge in [-0.2, -0.15) is 0 Å². The van der Waals surface area contributed by atoms with Gasteiger partial charge >= 0.3 is 0 Å². The van der Waals surface area contributed by atoms with E-state index in [1.165, 1.54) is 36.1 Å². The zero-order chi connectivity index (χ0) is 15.9. The molecule has 0 atom stereocenters. The second kappa shape index (κ2) is 5.61. The van der Waals surface area contributed by atoms with Crippen molar-refractivity contribution in [2.24, 2.45) is 5.92 Å². The molecule has 0 heterocycles. The number of allylic oxidation sites excluding steroid dienone is 1. The van der Waals surface area contributed by atoms with Gasteiger partial charge in [0.05, 0.1) is 5.60 Å². The summed E-state index contributed by atoms with van der Waals surface area (Å²) < 4.78 is 19.0. The smallest absolute Gasteiger partial charge is 0.123 e. The van der Waals surface area contributed by atoms with E-state index in [2.05, 4.69) is 30.3 Å². The van der Waals surface area contributed by atoms with E-state index >= 15 is 0 Å². The molecule has 0 spiro atoms. The van der Waals surface area contributed by atoms with Crippen molar-refractivity contribution in [2.75, 3.05) is 7.11 Å². The van der Waals surface area contributed by atoms with E-state index in [0.717, 1.165) is 24.0 Å². The fourth-order valence-electron chi connectivity index (χ4n) is 4.07. The van der Waals surface area contributed by atoms with Gasteiger partial charge in [-0.25, -0.2) is 4.39 Å². The van der Waals surface area contributed by atoms with Crippen LogP contribution < -0.4 is 0 Å². The van der Waals surface area contributed by atoms with E-state index in [-0.39, 0.29) is 11.4 Å². The van der Waals surface area contributed by atoms with E-state index in [1.54, 1.807) is 0 Å². The molecule has 0 aromatic heterocycles. The van der Waals surface area contributed by atoms with Gasteiger partial charge in [-0.1, -0.05) is 30.3 Å². The molecule has 118 valence electrons. The third-order valence-corrected chi connectivity index (χ3v) is 5.47. The molecule has 5 rings (SSSR count). The molecule has 0 aliphatic heterocycles. The SMILES string of the molecule is COC12C=C(c3cccc(-c4ccc(F)cc4)c3)C(CC1)CC2. The Morgan fingerprint density at radius 2 is 1.65 bits per heavy atom. The van der Waals surface area contributed by atoms with Crippen LogP contribution in [0.15, 0.2) is 54.6 Å². The molecule has 3 aliphatic rings. The standard InChI is InChI=1S/C21H21FO/c1-23-21-11-9-16(10-12-21)20(14-21)18-4-2-3-17(13-18)15-5-7-19(22)8-6-15/h2-8,13-14,16H,9-12H2,1H3. The van der Waals surface area contributed by atoms with E-state index in [1.807, 2.05) is 19.2 Å². The Labute approximate surface area is 136 Å². The molecular formula is C21H21FO. The summed E-state index contributed by atoms with van der Waals surface area (Å²) in [6.07, 6.45) is 7.04. The lowest BCUT2D eigenvalue weighted by Crippen LogP contribution is -2.39. The molecule has 3 aliphatic carbocycles. The van der Waals surface area contributed by atoms with Gasteiger partial charge in [-0.15, -0.1) is 0 Å². The Hall–Kier alpha value is -1.93. The van der Waals surface area contributed by atoms with Gasteiger partial charge in [0.1, 0.15) is 5.82 Å². The highest BCUT2D eigenvalue weighted by Crippen LogP contribution is 2.48. The second-order valence-corrected chi connectivity index (χ2v) is 6.73. The lowest BCUT2D eigenvalue weighted by atomic mass is 9.67. The number of methoxy groups -OCH3 is 1. The molecule has 0 N–H and O–H groups in total. The summed E-state index contributed by atoms with van der Waals surface area (Å²) in [5, 5.41) is 0. The van der Waals surface area contributed by atoms with Crippen molar-refractivity contribution < 1.29 is 9.13 Å². The number of rotatable bonds is 3. The minimum Gasteiger partial charge on any atom is -0.374 e. The van der Waals surface area contributed by atoms with E-state index in [0.29, 0.717) is 5.92 Å². The molecule has 1 fully saturated rings. The highest BCUT2D eigenvalue weighted by atomic mass is 19.1. The van der Waals surface area contributed by atoms with E-state index < -0.39 is 0 Å². The van der Waals surface area contributed by atoms with Gasteiger partial charge < -0.3 is 4.74 Å². The van der Waals surface area contributed by atoms with Crippen molar-refractivity contribution in [1.29, 1.82) is 0 Å². The Kier molecular flexibility index (Phi) is 3.57. The summed E-state index contributed by atoms with van der Waals surface area (Å²) in [5.74, 6) is 0.453. The van der Waals surface area contributed by atoms with Crippen LogP contribution in [0, 0.1) is 11.7 Å². The number of fused-ring (bicyclic) bond motifs is 2. The van der Waals surface area contributed by atoms with Crippen LogP contribution in [0.1, 0.15) is 31.2 Å². The maximum atomic E-state index is 13.1. The van der Waals surface area contributed by atoms with Gasteiger partial charge in [-0.05, 0) is 78.1 Å². The van der Waals surface area contributed by atoms with Gasteiger partial charge in [0, 0.05) is 7.11 Å². The topological polar surface area (TPSA) is 9.23 Å². The maximum absolute atomic E-state index is 13.1. The minimum atomic E-state index is -0.195. The van der Waals surface area contributed by atoms with Crippen LogP contribution in [0.4, 0.5) is 4.39 Å². The second-order valence-electron chi connectivity index (χ2n) is 6.73. The lowest BCUT2D eigenvalue weighted by Gasteiger charge is -2.44. The predicted molar refractivity (Wildman–Crippen MR) is 91.5 cm³/mol. The lowest BCUT2D eigenvalue weighted by molar-refractivity contribution is -0.0116. The number of benzene rings is 2. The summed E-state index contributed by atoms with van der Waals surface area (Å²) in [5.41, 5.74) is 4.83. The average molecular weight is 308 g/mol. The zero-order valence-electron chi connectivity index (χ0n) is 13.4. The van der Waals surface area contributed by atoms with Crippen molar-refractivity contribution in [1.82, 2.24) is 0 Å². The molecule has 1 saturated carbocycles. The first kappa shape index (κ1) is 14.6. The highest BCUT2D eigenvalue weighted by molar-refractivity contribution is 5.75. The summed E-state index contributed by atoms with van der Waals surface area (Å²) in [6.45, 7) is 0. The molecule has 0 radical (unpaired) electrons. The highest BCUT2D eigenvalue weighted by Gasteiger charge is 2.40. The van der Waals surface area contributed by atoms with Crippen LogP contribution in [0.5, 0.6) is 0 Å². The van der Waals surface area contributed by atoms with Crippen LogP contribution in [0.25, 0.3) is 16.7 Å². The minimum absolute atomic E-state index is 0.0596. The Morgan fingerprint density at radius 1 is 0.957 bits per heavy atom. The van der Waals surface area contributed by atoms with Gasteiger partial charge in [-0.3, -0.25) is 0 Å². The number of hydrogen-bond donors (Lipinski definition) is 0. The Balaban J connectivity index is 1.73. The Morgan fingerprint density at radius 3 is 2.35 bits per heavy atom. The number of halogens is 1. The predicted octanol–water partition coefficient (Wildman–Crippen LogP) is 5.47. The van der Waals surface area contributed by atoms with Crippen LogP contribution in [0.3, 0.4) is 0 Å². The largest absolute Gasteiger partial charge is 0.374 e. The molecule has 0 amide bonds. The summed E-state index contributed by atoms with van der Waals surface area (Å²) in [7, 11) is 1.83. The fourth-order valence-corrected chi connectivity index (χ4v) is 4.07. The van der Waals surface area contributed by atoms with Crippen molar-refractivity contribution in [3.05, 3.63) is 66.0 Å². The number of ether oxygens (including phenoxy) is 1. The van der Waals surface area contributed by atoms with E-state index in [4.69, 9.17) is 4.74 Å². The van der Waals surface area contributed by atoms with Gasteiger partial charge in [0.15, 0.2) is 0 Å². The maximum Gasteiger partial charge on any atom is 0.123 e. The molecular weight excluding hydrogens is 287 g/mol. The molecule has 0 saturated heterocycles. The van der Waals surface area contributed by atoms with Crippen molar-refractivity contribution in [3.63, 3.8) is 0 Å². The van der Waals surface area contributed by atoms with E-state index in [9.17, 15) is 4.39 Å². The molecule has 2 aromatic rings. The van der Waals surface area contributed by atoms with Crippen LogP contribution >= 0.6 is 0 Å². The first-order chi connectivity index (χ1) is 11.2. The molecule has 23 heavy (non-hydrogen) atoms. The normalized spacial score (nSPS) is 26.2. The Bertz CT molecular complexity index is 737. The molecule has 2 heteroatoms. The first-order valence-corrected chi connectivity index (χ1v) is 8.33. The van der Waals surface area contributed by atoms with Crippen LogP contribution in [0.2, 0.25) is 0 Å². The summed E-state index contributed by atoms with van der Waals surface area (Å²) in [4.78, 5) is 0. The number of hydrogen-bond acceptors (Lipinski definition) is 1. The van der Waals surface area contributed by atoms with Gasteiger partial charge in [0.25, 0.3) is 0 Å². The van der Waals surface area contributed by atoms with Gasteiger partial charge in [0.2, 0.25) is 0 Å². The van der Waals surface area contributed by atoms with Crippen molar-refractivity contribution in [3.8, 4) is 11.1 Å². The van der Waals surface area contributed by atoms with Crippen molar-refractivity contribution in [2.45, 2.75) is 31.3 Å². The molecule has 2 bridgehead atoms. The quantitative estimate of drug-likeness (QED) is 0.731. The third kappa shape index (κ3) is 2.61. The summed E-state index contributed by atoms with van der Waals surface area (Å²) in [6, 6.07) is 15.3. The average Bonchev–Trinajstić information content (AvgIpc) is 2.63. The van der Waals surface area contributed by atoms with Crippen LogP contribution in [-0.2, 0) is 4.74 Å². The third-order valence-electron chi connectivity index (χ3n) is 5.47. The zero-order valence-corrected chi connectivity index (χ0v) is 13.4. The monoisotopic (exact) mass is 308 g/mol. The molecule has 0 unspecified atom stereocenters. The fraction of sp³-hybridized carbons (Fsp3) is 0.333. The molecule has 1 nitrogen and oxygen atoms in total. The summed E-state index contributed by atoms with van der Waals surface area (Å²) >= 11 is 0. The van der Waals surface area contributed by atoms with Crippen molar-refractivity contribution >= 4 is 5.57 Å². The molecule has 2 aromatic carbocycles. The van der Waals surface area contributed by atoms with Crippen LogP contribution in [-0.4, -0.2) is 12.7 Å².